The van der Waals surface area contributed by atoms with E-state index in [1.165, 1.54) is 0 Å². The molecule has 0 aliphatic heterocycles. The molecule has 0 spiro atoms. The van der Waals surface area contributed by atoms with Gasteiger partial charge in [0, 0.05) is 5.39 Å². The van der Waals surface area contributed by atoms with Crippen LogP contribution >= 0.6 is 0 Å². The van der Waals surface area contributed by atoms with Gasteiger partial charge in [-0.05, 0) is 18.6 Å². The van der Waals surface area contributed by atoms with Crippen molar-refractivity contribution < 1.29 is 14.6 Å². The summed E-state index contributed by atoms with van der Waals surface area (Å²) < 4.78 is 5.44. The van der Waals surface area contributed by atoms with Crippen molar-refractivity contribution in [3.63, 3.8) is 0 Å². The minimum Gasteiger partial charge on any atom is -0.458 e. The number of aliphatic hydroxyl groups is 2. The van der Waals surface area contributed by atoms with E-state index >= 15 is 0 Å². The van der Waals surface area contributed by atoms with E-state index in [0.29, 0.717) is 12.2 Å². The molecular weight excluding hydrogens is 192 g/mol. The lowest BCUT2D eigenvalue weighted by Gasteiger charge is -2.12. The maximum absolute atomic E-state index is 9.75. The second-order valence-electron chi connectivity index (χ2n) is 3.61. The lowest BCUT2D eigenvalue weighted by Crippen LogP contribution is -2.16. The average Bonchev–Trinajstić information content (AvgIpc) is 2.70. The molecule has 0 aliphatic carbocycles. The van der Waals surface area contributed by atoms with Crippen LogP contribution in [0.3, 0.4) is 0 Å². The molecule has 0 saturated carbocycles. The summed E-state index contributed by atoms with van der Waals surface area (Å²) in [6, 6.07) is 9.29. The zero-order chi connectivity index (χ0) is 10.8. The smallest absolute Gasteiger partial charge is 0.137 e. The van der Waals surface area contributed by atoms with Crippen LogP contribution in [-0.2, 0) is 0 Å². The first kappa shape index (κ1) is 10.2. The van der Waals surface area contributed by atoms with E-state index < -0.39 is 12.2 Å². The van der Waals surface area contributed by atoms with Gasteiger partial charge in [-0.25, -0.2) is 0 Å². The van der Waals surface area contributed by atoms with Crippen molar-refractivity contribution in [3.05, 3.63) is 36.1 Å². The number of aliphatic hydroxyl groups excluding tert-OH is 2. The number of hydrogen-bond acceptors (Lipinski definition) is 3. The summed E-state index contributed by atoms with van der Waals surface area (Å²) in [5.41, 5.74) is 0.731. The number of hydrogen-bond donors (Lipinski definition) is 2. The fourth-order valence-corrected chi connectivity index (χ4v) is 1.56. The Bertz CT molecular complexity index is 414. The molecule has 2 rings (SSSR count). The summed E-state index contributed by atoms with van der Waals surface area (Å²) >= 11 is 0. The second-order valence-corrected chi connectivity index (χ2v) is 3.61. The molecular formula is C12H14O3. The van der Waals surface area contributed by atoms with Crippen LogP contribution in [0.5, 0.6) is 0 Å². The van der Waals surface area contributed by atoms with Crippen LogP contribution in [0.1, 0.15) is 25.2 Å². The first-order valence-corrected chi connectivity index (χ1v) is 5.07. The zero-order valence-corrected chi connectivity index (χ0v) is 8.55. The van der Waals surface area contributed by atoms with Gasteiger partial charge in [0.15, 0.2) is 0 Å². The van der Waals surface area contributed by atoms with E-state index in [4.69, 9.17) is 4.42 Å². The quantitative estimate of drug-likeness (QED) is 0.809. The summed E-state index contributed by atoms with van der Waals surface area (Å²) in [6.45, 7) is 1.82. The predicted octanol–water partition coefficient (Wildman–Crippen LogP) is 2.24. The third-order valence-electron chi connectivity index (χ3n) is 2.52. The van der Waals surface area contributed by atoms with Crippen LogP contribution in [0.25, 0.3) is 11.0 Å². The maximum atomic E-state index is 9.75. The zero-order valence-electron chi connectivity index (χ0n) is 8.55. The largest absolute Gasteiger partial charge is 0.458 e. The van der Waals surface area contributed by atoms with Crippen LogP contribution in [0, 0.1) is 0 Å². The van der Waals surface area contributed by atoms with Crippen molar-refractivity contribution in [1.82, 2.24) is 0 Å². The highest BCUT2D eigenvalue weighted by Gasteiger charge is 2.20. The second kappa shape index (κ2) is 4.04. The molecule has 2 aromatic rings. The Kier molecular flexibility index (Phi) is 2.75. The van der Waals surface area contributed by atoms with Gasteiger partial charge in [0.25, 0.3) is 0 Å². The fourth-order valence-electron chi connectivity index (χ4n) is 1.56. The van der Waals surface area contributed by atoms with Crippen molar-refractivity contribution in [3.8, 4) is 0 Å². The first-order valence-electron chi connectivity index (χ1n) is 5.07. The van der Waals surface area contributed by atoms with Gasteiger partial charge in [-0.2, -0.15) is 0 Å². The monoisotopic (exact) mass is 206 g/mol. The van der Waals surface area contributed by atoms with E-state index in [-0.39, 0.29) is 0 Å². The fraction of sp³-hybridized carbons (Fsp3) is 0.333. The average molecular weight is 206 g/mol. The molecule has 0 bridgehead atoms. The standard InChI is InChI=1S/C12H14O3/c1-2-9(13)12(14)11-7-8-5-3-4-6-10(8)15-11/h3-7,9,12-14H,2H2,1H3. The normalized spacial score (nSPS) is 15.4. The Morgan fingerprint density at radius 1 is 1.27 bits per heavy atom. The van der Waals surface area contributed by atoms with Gasteiger partial charge in [0.2, 0.25) is 0 Å². The Morgan fingerprint density at radius 2 is 2.00 bits per heavy atom. The van der Waals surface area contributed by atoms with Gasteiger partial charge < -0.3 is 14.6 Å². The molecule has 2 N–H and O–H groups in total. The Balaban J connectivity index is 2.36. The van der Waals surface area contributed by atoms with Crippen molar-refractivity contribution in [1.29, 1.82) is 0 Å². The Morgan fingerprint density at radius 3 is 2.67 bits per heavy atom. The molecule has 1 heterocycles. The summed E-state index contributed by atoms with van der Waals surface area (Å²) in [7, 11) is 0. The van der Waals surface area contributed by atoms with Gasteiger partial charge >= 0.3 is 0 Å². The predicted molar refractivity (Wildman–Crippen MR) is 57.5 cm³/mol. The van der Waals surface area contributed by atoms with E-state index in [0.717, 1.165) is 11.0 Å². The van der Waals surface area contributed by atoms with Crippen LogP contribution < -0.4 is 0 Å². The van der Waals surface area contributed by atoms with E-state index in [9.17, 15) is 10.2 Å². The number of benzene rings is 1. The Labute approximate surface area is 88.0 Å². The molecule has 1 aromatic heterocycles. The number of rotatable bonds is 3. The number of furan rings is 1. The molecule has 3 nitrogen and oxygen atoms in total. The molecule has 0 fully saturated rings. The van der Waals surface area contributed by atoms with Crippen molar-refractivity contribution in [2.24, 2.45) is 0 Å². The van der Waals surface area contributed by atoms with Gasteiger partial charge in [-0.15, -0.1) is 0 Å². The lowest BCUT2D eigenvalue weighted by atomic mass is 10.1. The highest BCUT2D eigenvalue weighted by Crippen LogP contribution is 2.26. The van der Waals surface area contributed by atoms with Crippen LogP contribution in [-0.4, -0.2) is 16.3 Å². The molecule has 2 atom stereocenters. The van der Waals surface area contributed by atoms with Gasteiger partial charge in [-0.3, -0.25) is 0 Å². The van der Waals surface area contributed by atoms with E-state index in [2.05, 4.69) is 0 Å². The molecule has 0 saturated heterocycles. The van der Waals surface area contributed by atoms with E-state index in [1.54, 1.807) is 6.07 Å². The summed E-state index contributed by atoms with van der Waals surface area (Å²) in [4.78, 5) is 0. The minimum atomic E-state index is -0.942. The lowest BCUT2D eigenvalue weighted by molar-refractivity contribution is 0.00464. The maximum Gasteiger partial charge on any atom is 0.137 e. The number of fused-ring (bicyclic) bond motifs is 1. The molecule has 3 heteroatoms. The topological polar surface area (TPSA) is 53.6 Å². The van der Waals surface area contributed by atoms with Gasteiger partial charge in [-0.1, -0.05) is 25.1 Å². The summed E-state index contributed by atoms with van der Waals surface area (Å²) in [5.74, 6) is 0.422. The molecule has 0 amide bonds. The molecule has 0 aliphatic rings. The highest BCUT2D eigenvalue weighted by atomic mass is 16.4. The van der Waals surface area contributed by atoms with Gasteiger partial charge in [0.1, 0.15) is 17.4 Å². The SMILES string of the molecule is CCC(O)C(O)c1cc2ccccc2o1. The molecule has 1 aromatic carbocycles. The highest BCUT2D eigenvalue weighted by molar-refractivity contribution is 5.77. The first-order chi connectivity index (χ1) is 7.22. The Hall–Kier alpha value is -1.32. The third-order valence-corrected chi connectivity index (χ3v) is 2.52. The minimum absolute atomic E-state index is 0.422. The van der Waals surface area contributed by atoms with Crippen LogP contribution in [0.4, 0.5) is 0 Å². The molecule has 0 radical (unpaired) electrons. The number of para-hydroxylation sites is 1. The van der Waals surface area contributed by atoms with Crippen LogP contribution in [0.15, 0.2) is 34.7 Å². The summed E-state index contributed by atoms with van der Waals surface area (Å²) in [5, 5.41) is 20.2. The summed E-state index contributed by atoms with van der Waals surface area (Å²) in [6.07, 6.45) is -1.22. The van der Waals surface area contributed by atoms with Gasteiger partial charge in [0.05, 0.1) is 6.10 Å². The van der Waals surface area contributed by atoms with Crippen LogP contribution in [0.2, 0.25) is 0 Å². The van der Waals surface area contributed by atoms with E-state index in [1.807, 2.05) is 31.2 Å². The third kappa shape index (κ3) is 1.89. The molecule has 15 heavy (non-hydrogen) atoms. The van der Waals surface area contributed by atoms with Crippen molar-refractivity contribution in [2.75, 3.05) is 0 Å². The molecule has 80 valence electrons. The molecule has 2 unspecified atom stereocenters. The van der Waals surface area contributed by atoms with Crippen molar-refractivity contribution >= 4 is 11.0 Å². The van der Waals surface area contributed by atoms with Crippen molar-refractivity contribution in [2.45, 2.75) is 25.6 Å².